The first kappa shape index (κ1) is 16.9. The molecule has 4 rings (SSSR count). The molecular formula is C25H32. The highest BCUT2D eigenvalue weighted by Crippen LogP contribution is 2.28. The molecule has 0 amide bonds. The summed E-state index contributed by atoms with van der Waals surface area (Å²) in [6.45, 7) is 0. The van der Waals surface area contributed by atoms with Crippen LogP contribution in [0.4, 0.5) is 0 Å². The average Bonchev–Trinajstić information content (AvgIpc) is 2.60. The van der Waals surface area contributed by atoms with Gasteiger partial charge in [-0.05, 0) is 72.6 Å². The molecule has 0 unspecified atom stereocenters. The Morgan fingerprint density at radius 2 is 0.840 bits per heavy atom. The van der Waals surface area contributed by atoms with E-state index in [0.29, 0.717) is 0 Å². The number of fused-ring (bicyclic) bond motifs is 4. The Hall–Kier alpha value is -1.56. The van der Waals surface area contributed by atoms with Gasteiger partial charge in [0.25, 0.3) is 0 Å². The summed E-state index contributed by atoms with van der Waals surface area (Å²) in [5, 5.41) is 0. The number of benzene rings is 2. The van der Waals surface area contributed by atoms with E-state index in [4.69, 9.17) is 0 Å². The van der Waals surface area contributed by atoms with E-state index in [-0.39, 0.29) is 0 Å². The smallest absolute Gasteiger partial charge is 0.0247 e. The van der Waals surface area contributed by atoms with E-state index >= 15 is 0 Å². The van der Waals surface area contributed by atoms with Gasteiger partial charge in [0.05, 0.1) is 0 Å². The van der Waals surface area contributed by atoms with Crippen molar-refractivity contribution in [2.24, 2.45) is 11.8 Å². The molecule has 25 heavy (non-hydrogen) atoms. The second-order valence-corrected chi connectivity index (χ2v) is 8.53. The molecule has 0 heteroatoms. The fourth-order valence-corrected chi connectivity index (χ4v) is 5.05. The molecule has 132 valence electrons. The first-order valence-electron chi connectivity index (χ1n) is 10.5. The van der Waals surface area contributed by atoms with E-state index in [2.05, 4.69) is 48.5 Å². The van der Waals surface area contributed by atoms with E-state index in [0.717, 1.165) is 11.8 Å². The van der Waals surface area contributed by atoms with E-state index in [1.165, 1.54) is 70.6 Å². The van der Waals surface area contributed by atoms with Crippen LogP contribution in [0.2, 0.25) is 0 Å². The zero-order chi connectivity index (χ0) is 16.9. The lowest BCUT2D eigenvalue weighted by atomic mass is 9.82. The van der Waals surface area contributed by atoms with Crippen molar-refractivity contribution in [3.8, 4) is 0 Å². The van der Waals surface area contributed by atoms with Gasteiger partial charge in [-0.25, -0.2) is 0 Å². The minimum Gasteiger partial charge on any atom is -0.0617 e. The standard InChI is InChI=1S/C25H32/c1-2-4-8-20-14-22-10-6-12-24(18-22)16-21(9-5-3-1)17-25-13-7-11-23(15-20)19-25/h6-7,10-13,18-21H,1-5,8-9,14-17H2. The second-order valence-electron chi connectivity index (χ2n) is 8.53. The van der Waals surface area contributed by atoms with Gasteiger partial charge in [0.1, 0.15) is 0 Å². The van der Waals surface area contributed by atoms with Crippen molar-refractivity contribution in [2.45, 2.75) is 70.6 Å². The molecule has 0 saturated carbocycles. The minimum absolute atomic E-state index is 0.795. The van der Waals surface area contributed by atoms with Crippen molar-refractivity contribution >= 4 is 0 Å². The molecule has 0 saturated heterocycles. The summed E-state index contributed by atoms with van der Waals surface area (Å²) in [6, 6.07) is 19.1. The highest BCUT2D eigenvalue weighted by molar-refractivity contribution is 5.28. The van der Waals surface area contributed by atoms with Crippen molar-refractivity contribution < 1.29 is 0 Å². The number of hydrogen-bond acceptors (Lipinski definition) is 0. The lowest BCUT2D eigenvalue weighted by molar-refractivity contribution is 0.419. The summed E-state index contributed by atoms with van der Waals surface area (Å²) in [4.78, 5) is 0. The quantitative estimate of drug-likeness (QED) is 0.513. The van der Waals surface area contributed by atoms with Crippen molar-refractivity contribution in [2.75, 3.05) is 0 Å². The van der Waals surface area contributed by atoms with Crippen LogP contribution in [-0.4, -0.2) is 0 Å². The Bertz CT molecular complexity index is 582. The van der Waals surface area contributed by atoms with Crippen molar-refractivity contribution in [1.29, 1.82) is 0 Å². The fraction of sp³-hybridized carbons (Fsp3) is 0.520. The third-order valence-electron chi connectivity index (χ3n) is 6.31. The van der Waals surface area contributed by atoms with Gasteiger partial charge >= 0.3 is 0 Å². The van der Waals surface area contributed by atoms with Crippen LogP contribution in [0.15, 0.2) is 48.5 Å². The Kier molecular flexibility index (Phi) is 5.55. The van der Waals surface area contributed by atoms with Crippen molar-refractivity contribution in [3.05, 3.63) is 70.8 Å². The van der Waals surface area contributed by atoms with Crippen molar-refractivity contribution in [3.63, 3.8) is 0 Å². The van der Waals surface area contributed by atoms with Gasteiger partial charge in [0, 0.05) is 0 Å². The van der Waals surface area contributed by atoms with Crippen LogP contribution in [0.1, 0.15) is 67.2 Å². The lowest BCUT2D eigenvalue weighted by Crippen LogP contribution is -2.13. The minimum atomic E-state index is 0.795. The molecular weight excluding hydrogens is 300 g/mol. The Labute approximate surface area is 153 Å². The molecule has 2 aliphatic carbocycles. The molecule has 0 fully saturated rings. The Morgan fingerprint density at radius 1 is 0.480 bits per heavy atom. The highest BCUT2D eigenvalue weighted by atomic mass is 14.2. The van der Waals surface area contributed by atoms with E-state index in [1.807, 2.05) is 0 Å². The molecule has 0 aliphatic heterocycles. The van der Waals surface area contributed by atoms with Crippen LogP contribution in [0.5, 0.6) is 0 Å². The highest BCUT2D eigenvalue weighted by Gasteiger charge is 2.17. The van der Waals surface area contributed by atoms with Crippen LogP contribution in [0, 0.1) is 11.8 Å². The molecule has 6 bridgehead atoms. The zero-order valence-electron chi connectivity index (χ0n) is 15.6. The van der Waals surface area contributed by atoms with Gasteiger partial charge in [-0.15, -0.1) is 0 Å². The largest absolute Gasteiger partial charge is 0.0617 e. The monoisotopic (exact) mass is 332 g/mol. The van der Waals surface area contributed by atoms with Crippen LogP contribution < -0.4 is 0 Å². The summed E-state index contributed by atoms with van der Waals surface area (Å²) in [5.41, 5.74) is 6.26. The molecule has 0 radical (unpaired) electrons. The van der Waals surface area contributed by atoms with Crippen LogP contribution in [-0.2, 0) is 25.7 Å². The average molecular weight is 333 g/mol. The zero-order valence-corrected chi connectivity index (χ0v) is 15.6. The first-order chi connectivity index (χ1) is 12.3. The van der Waals surface area contributed by atoms with Gasteiger partial charge in [-0.3, -0.25) is 0 Å². The molecule has 0 atom stereocenters. The third-order valence-corrected chi connectivity index (χ3v) is 6.31. The van der Waals surface area contributed by atoms with Gasteiger partial charge in [0.2, 0.25) is 0 Å². The maximum Gasteiger partial charge on any atom is -0.0247 e. The second kappa shape index (κ2) is 8.21. The van der Waals surface area contributed by atoms with Crippen LogP contribution in [0.25, 0.3) is 0 Å². The van der Waals surface area contributed by atoms with Crippen LogP contribution in [0.3, 0.4) is 0 Å². The predicted molar refractivity (Wildman–Crippen MR) is 107 cm³/mol. The predicted octanol–water partition coefficient (Wildman–Crippen LogP) is 6.55. The molecule has 0 nitrogen and oxygen atoms in total. The summed E-state index contributed by atoms with van der Waals surface area (Å²) in [5.74, 6) is 1.59. The first-order valence-corrected chi connectivity index (χ1v) is 10.5. The maximum atomic E-state index is 2.52. The lowest BCUT2D eigenvalue weighted by Gasteiger charge is -2.23. The third kappa shape index (κ3) is 4.75. The Balaban J connectivity index is 1.71. The molecule has 0 heterocycles. The van der Waals surface area contributed by atoms with Crippen LogP contribution >= 0.6 is 0 Å². The van der Waals surface area contributed by atoms with Gasteiger partial charge < -0.3 is 0 Å². The fourth-order valence-electron chi connectivity index (χ4n) is 5.05. The van der Waals surface area contributed by atoms with Gasteiger partial charge in [0.15, 0.2) is 0 Å². The normalized spacial score (nSPS) is 24.6. The molecule has 0 aromatic heterocycles. The molecule has 2 aliphatic rings. The topological polar surface area (TPSA) is 0 Å². The molecule has 0 N–H and O–H groups in total. The summed E-state index contributed by atoms with van der Waals surface area (Å²) < 4.78 is 0. The van der Waals surface area contributed by atoms with E-state index < -0.39 is 0 Å². The van der Waals surface area contributed by atoms with Crippen molar-refractivity contribution in [1.82, 2.24) is 0 Å². The number of hydrogen-bond donors (Lipinski definition) is 0. The van der Waals surface area contributed by atoms with E-state index in [9.17, 15) is 0 Å². The molecule has 2 aromatic carbocycles. The summed E-state index contributed by atoms with van der Waals surface area (Å²) >= 11 is 0. The SMILES string of the molecule is c1cc2cc(c1)CC1CCCCCCCC(C2)Cc2cccc(c2)C1. The Morgan fingerprint density at radius 3 is 1.24 bits per heavy atom. The molecule has 2 aromatic rings. The number of rotatable bonds is 0. The van der Waals surface area contributed by atoms with Gasteiger partial charge in [-0.1, -0.05) is 80.6 Å². The van der Waals surface area contributed by atoms with E-state index in [1.54, 1.807) is 22.3 Å². The van der Waals surface area contributed by atoms with Gasteiger partial charge in [-0.2, -0.15) is 0 Å². The molecule has 0 spiro atoms. The summed E-state index contributed by atoms with van der Waals surface area (Å²) in [6.07, 6.45) is 14.9. The summed E-state index contributed by atoms with van der Waals surface area (Å²) in [7, 11) is 0. The maximum absolute atomic E-state index is 2.52.